The number of methoxy groups -OCH3 is 1. The van der Waals surface area contributed by atoms with Gasteiger partial charge in [0.1, 0.15) is 11.6 Å². The van der Waals surface area contributed by atoms with Crippen LogP contribution in [0.5, 0.6) is 11.5 Å². The van der Waals surface area contributed by atoms with Crippen molar-refractivity contribution in [3.8, 4) is 11.5 Å². The van der Waals surface area contributed by atoms with Gasteiger partial charge < -0.3 is 19.9 Å². The number of carboxylic acid groups (broad SMARTS) is 1. The first-order valence-corrected chi connectivity index (χ1v) is 8.76. The van der Waals surface area contributed by atoms with E-state index >= 15 is 0 Å². The molecule has 0 radical (unpaired) electrons. The second kappa shape index (κ2) is 7.31. The Kier molecular flexibility index (Phi) is 5.08. The number of aliphatic carboxylic acids is 1. The van der Waals surface area contributed by atoms with Crippen LogP contribution in [-0.4, -0.2) is 35.7 Å². The Hall–Kier alpha value is -3.02. The van der Waals surface area contributed by atoms with E-state index in [1.54, 1.807) is 43.5 Å². The standard InChI is InChI=1S/C21H23NO5/c1-21(2)12-15-9-13(11-17(26-3)18(15)27-21)10-16(20(24)25)22-19(23)14-7-5-4-6-8-14/h4-9,11,16H,10,12H2,1-3H3,(H,22,23)(H,24,25). The molecule has 1 aliphatic heterocycles. The molecule has 0 fully saturated rings. The number of ether oxygens (including phenoxy) is 2. The van der Waals surface area contributed by atoms with Crippen LogP contribution in [-0.2, 0) is 17.6 Å². The van der Waals surface area contributed by atoms with Crippen LogP contribution < -0.4 is 14.8 Å². The van der Waals surface area contributed by atoms with Crippen molar-refractivity contribution < 1.29 is 24.2 Å². The minimum Gasteiger partial charge on any atom is -0.493 e. The summed E-state index contributed by atoms with van der Waals surface area (Å²) < 4.78 is 11.4. The maximum absolute atomic E-state index is 12.3. The Balaban J connectivity index is 1.82. The number of benzene rings is 2. The number of hydrogen-bond donors (Lipinski definition) is 2. The van der Waals surface area contributed by atoms with E-state index in [1.165, 1.54) is 0 Å². The highest BCUT2D eigenvalue weighted by Crippen LogP contribution is 2.42. The van der Waals surface area contributed by atoms with Crippen LogP contribution >= 0.6 is 0 Å². The summed E-state index contributed by atoms with van der Waals surface area (Å²) in [6.07, 6.45) is 0.860. The summed E-state index contributed by atoms with van der Waals surface area (Å²) in [5.41, 5.74) is 1.84. The van der Waals surface area contributed by atoms with Crippen molar-refractivity contribution in [1.82, 2.24) is 5.32 Å². The van der Waals surface area contributed by atoms with E-state index in [9.17, 15) is 14.7 Å². The number of carbonyl (C=O) groups is 2. The number of carboxylic acids is 1. The molecule has 3 rings (SSSR count). The first kappa shape index (κ1) is 18.8. The van der Waals surface area contributed by atoms with Gasteiger partial charge >= 0.3 is 5.97 Å². The van der Waals surface area contributed by atoms with Gasteiger partial charge in [0.05, 0.1) is 7.11 Å². The molecule has 1 heterocycles. The number of hydrogen-bond acceptors (Lipinski definition) is 4. The third-order valence-electron chi connectivity index (χ3n) is 4.49. The first-order chi connectivity index (χ1) is 12.8. The number of amides is 1. The van der Waals surface area contributed by atoms with Crippen molar-refractivity contribution >= 4 is 11.9 Å². The molecule has 0 spiro atoms. The average Bonchev–Trinajstić information content (AvgIpc) is 2.94. The molecule has 2 aromatic carbocycles. The monoisotopic (exact) mass is 369 g/mol. The maximum Gasteiger partial charge on any atom is 0.326 e. The predicted octanol–water partition coefficient (Wildman–Crippen LogP) is 2.83. The van der Waals surface area contributed by atoms with Crippen LogP contribution in [0.3, 0.4) is 0 Å². The van der Waals surface area contributed by atoms with Crippen LogP contribution in [0.1, 0.15) is 35.3 Å². The van der Waals surface area contributed by atoms with Gasteiger partial charge in [-0.15, -0.1) is 0 Å². The molecule has 27 heavy (non-hydrogen) atoms. The van der Waals surface area contributed by atoms with Crippen LogP contribution in [0.25, 0.3) is 0 Å². The first-order valence-electron chi connectivity index (χ1n) is 8.76. The van der Waals surface area contributed by atoms with Gasteiger partial charge in [-0.25, -0.2) is 4.79 Å². The zero-order valence-corrected chi connectivity index (χ0v) is 15.6. The van der Waals surface area contributed by atoms with Crippen molar-refractivity contribution in [1.29, 1.82) is 0 Å². The van der Waals surface area contributed by atoms with Crippen molar-refractivity contribution in [2.75, 3.05) is 7.11 Å². The fourth-order valence-corrected chi connectivity index (χ4v) is 3.28. The SMILES string of the molecule is COc1cc(CC(NC(=O)c2ccccc2)C(=O)O)cc2c1OC(C)(C)C2. The summed E-state index contributed by atoms with van der Waals surface area (Å²) in [5.74, 6) is -0.228. The number of nitrogens with one attached hydrogen (secondary N) is 1. The largest absolute Gasteiger partial charge is 0.493 e. The Morgan fingerprint density at radius 3 is 2.59 bits per heavy atom. The van der Waals surface area contributed by atoms with Crippen molar-refractivity contribution in [2.45, 2.75) is 38.3 Å². The summed E-state index contributed by atoms with van der Waals surface area (Å²) in [5, 5.41) is 12.2. The van der Waals surface area contributed by atoms with Gasteiger partial charge in [0.15, 0.2) is 11.5 Å². The van der Waals surface area contributed by atoms with Gasteiger partial charge in [-0.05, 0) is 37.6 Å². The van der Waals surface area contributed by atoms with E-state index in [2.05, 4.69) is 5.32 Å². The molecular formula is C21H23NO5. The van der Waals surface area contributed by atoms with Crippen LogP contribution in [0.15, 0.2) is 42.5 Å². The molecule has 0 bridgehead atoms. The zero-order valence-electron chi connectivity index (χ0n) is 15.6. The van der Waals surface area contributed by atoms with E-state index in [1.807, 2.05) is 19.9 Å². The lowest BCUT2D eigenvalue weighted by Gasteiger charge is -2.18. The molecule has 142 valence electrons. The fraction of sp³-hybridized carbons (Fsp3) is 0.333. The van der Waals surface area contributed by atoms with Crippen molar-refractivity contribution in [3.05, 3.63) is 59.2 Å². The zero-order chi connectivity index (χ0) is 19.6. The second-order valence-corrected chi connectivity index (χ2v) is 7.26. The fourth-order valence-electron chi connectivity index (χ4n) is 3.28. The molecule has 2 aromatic rings. The molecule has 0 saturated heterocycles. The molecule has 0 aliphatic carbocycles. The lowest BCUT2D eigenvalue weighted by Crippen LogP contribution is -2.42. The van der Waals surface area contributed by atoms with E-state index in [0.717, 1.165) is 11.1 Å². The maximum atomic E-state index is 12.3. The lowest BCUT2D eigenvalue weighted by atomic mass is 9.97. The van der Waals surface area contributed by atoms with Gasteiger partial charge in [-0.2, -0.15) is 0 Å². The molecule has 0 aromatic heterocycles. The van der Waals surface area contributed by atoms with Gasteiger partial charge in [-0.3, -0.25) is 4.79 Å². The highest BCUT2D eigenvalue weighted by molar-refractivity contribution is 5.96. The molecule has 6 heteroatoms. The molecule has 2 N–H and O–H groups in total. The summed E-state index contributed by atoms with van der Waals surface area (Å²) in [7, 11) is 1.56. The van der Waals surface area contributed by atoms with Crippen LogP contribution in [0.4, 0.5) is 0 Å². The normalized spacial score (nSPS) is 15.4. The summed E-state index contributed by atoms with van der Waals surface area (Å²) in [4.78, 5) is 24.0. The Bertz CT molecular complexity index is 860. The van der Waals surface area contributed by atoms with Crippen molar-refractivity contribution in [2.24, 2.45) is 0 Å². The van der Waals surface area contributed by atoms with Gasteiger partial charge in [0.2, 0.25) is 0 Å². The number of rotatable bonds is 6. The molecule has 1 aliphatic rings. The topological polar surface area (TPSA) is 84.9 Å². The molecule has 1 atom stereocenters. The molecule has 1 amide bonds. The minimum atomic E-state index is -1.09. The lowest BCUT2D eigenvalue weighted by molar-refractivity contribution is -0.139. The predicted molar refractivity (Wildman–Crippen MR) is 100 cm³/mol. The Morgan fingerprint density at radius 1 is 1.26 bits per heavy atom. The van der Waals surface area contributed by atoms with Crippen LogP contribution in [0, 0.1) is 0 Å². The van der Waals surface area contributed by atoms with Gasteiger partial charge in [0.25, 0.3) is 5.91 Å². The van der Waals surface area contributed by atoms with Crippen molar-refractivity contribution in [3.63, 3.8) is 0 Å². The summed E-state index contributed by atoms with van der Waals surface area (Å²) >= 11 is 0. The third-order valence-corrected chi connectivity index (χ3v) is 4.49. The summed E-state index contributed by atoms with van der Waals surface area (Å²) in [6, 6.07) is 11.2. The van der Waals surface area contributed by atoms with E-state index < -0.39 is 17.9 Å². The number of fused-ring (bicyclic) bond motifs is 1. The highest BCUT2D eigenvalue weighted by Gasteiger charge is 2.33. The minimum absolute atomic E-state index is 0.151. The van der Waals surface area contributed by atoms with Gasteiger partial charge in [0, 0.05) is 24.0 Å². The highest BCUT2D eigenvalue weighted by atomic mass is 16.5. The van der Waals surface area contributed by atoms with E-state index in [-0.39, 0.29) is 12.0 Å². The molecule has 0 saturated carbocycles. The molecule has 1 unspecified atom stereocenters. The number of carbonyl (C=O) groups excluding carboxylic acids is 1. The second-order valence-electron chi connectivity index (χ2n) is 7.26. The van der Waals surface area contributed by atoms with Crippen LogP contribution in [0.2, 0.25) is 0 Å². The molecular weight excluding hydrogens is 346 g/mol. The Morgan fingerprint density at radius 2 is 1.96 bits per heavy atom. The summed E-state index contributed by atoms with van der Waals surface area (Å²) in [6.45, 7) is 3.98. The molecule has 6 nitrogen and oxygen atoms in total. The Labute approximate surface area is 158 Å². The van der Waals surface area contributed by atoms with E-state index in [4.69, 9.17) is 9.47 Å². The quantitative estimate of drug-likeness (QED) is 0.818. The average molecular weight is 369 g/mol. The smallest absolute Gasteiger partial charge is 0.326 e. The third kappa shape index (κ3) is 4.22. The van der Waals surface area contributed by atoms with E-state index in [0.29, 0.717) is 23.5 Å². The van der Waals surface area contributed by atoms with Gasteiger partial charge in [-0.1, -0.05) is 24.3 Å².